The third-order valence-electron chi connectivity index (χ3n) is 4.18. The minimum atomic E-state index is 0.0298. The van der Waals surface area contributed by atoms with E-state index in [4.69, 9.17) is 0 Å². The predicted octanol–water partition coefficient (Wildman–Crippen LogP) is -0.734. The molecule has 2 saturated heterocycles. The number of nitrogens with one attached hydrogen (secondary N) is 2. The van der Waals surface area contributed by atoms with Crippen molar-refractivity contribution in [2.75, 3.05) is 52.4 Å². The lowest BCUT2D eigenvalue weighted by Gasteiger charge is -2.34. The second kappa shape index (κ2) is 7.59. The summed E-state index contributed by atoms with van der Waals surface area (Å²) >= 11 is 0. The second-order valence-corrected chi connectivity index (χ2v) is 5.79. The number of amides is 2. The first-order valence-electron chi connectivity index (χ1n) is 7.60. The average Bonchev–Trinajstić information content (AvgIpc) is 2.46. The quantitative estimate of drug-likeness (QED) is 0.713. The van der Waals surface area contributed by atoms with Crippen molar-refractivity contribution in [1.82, 2.24) is 20.4 Å². The summed E-state index contributed by atoms with van der Waals surface area (Å²) in [5.74, 6) is 0.800. The van der Waals surface area contributed by atoms with E-state index in [1.165, 1.54) is 0 Å². The highest BCUT2D eigenvalue weighted by molar-refractivity contribution is 5.78. The Hall–Kier alpha value is -1.14. The van der Waals surface area contributed by atoms with Crippen LogP contribution in [0.2, 0.25) is 0 Å². The van der Waals surface area contributed by atoms with E-state index in [0.29, 0.717) is 12.5 Å². The Bertz CT molecular complexity index is 334. The Morgan fingerprint density at radius 1 is 1.15 bits per heavy atom. The molecule has 2 rings (SSSR count). The Kier molecular flexibility index (Phi) is 5.79. The van der Waals surface area contributed by atoms with E-state index in [1.807, 2.05) is 4.90 Å². The summed E-state index contributed by atoms with van der Waals surface area (Å²) in [6.07, 6.45) is 1.99. The molecule has 0 aromatic heterocycles. The highest BCUT2D eigenvalue weighted by atomic mass is 16.2. The van der Waals surface area contributed by atoms with Crippen LogP contribution in [0.5, 0.6) is 0 Å². The van der Waals surface area contributed by atoms with Crippen LogP contribution in [0.4, 0.5) is 0 Å². The monoisotopic (exact) mass is 282 g/mol. The molecule has 0 atom stereocenters. The lowest BCUT2D eigenvalue weighted by atomic mass is 9.96. The maximum absolute atomic E-state index is 12.2. The number of likely N-dealkylation sites (tertiary alicyclic amines) is 1. The van der Waals surface area contributed by atoms with Gasteiger partial charge in [0.15, 0.2) is 0 Å². The summed E-state index contributed by atoms with van der Waals surface area (Å²) in [5.41, 5.74) is 0. The van der Waals surface area contributed by atoms with Gasteiger partial charge in [-0.05, 0) is 18.8 Å². The topological polar surface area (TPSA) is 64.7 Å². The predicted molar refractivity (Wildman–Crippen MR) is 77.3 cm³/mol. The maximum Gasteiger partial charge on any atom is 0.236 e. The van der Waals surface area contributed by atoms with Gasteiger partial charge in [-0.15, -0.1) is 0 Å². The summed E-state index contributed by atoms with van der Waals surface area (Å²) in [6, 6.07) is 0. The van der Waals surface area contributed by atoms with Gasteiger partial charge < -0.3 is 15.5 Å². The fourth-order valence-corrected chi connectivity index (χ4v) is 2.84. The molecule has 0 unspecified atom stereocenters. The van der Waals surface area contributed by atoms with Gasteiger partial charge in [0.05, 0.1) is 6.54 Å². The largest absolute Gasteiger partial charge is 0.356 e. The lowest BCUT2D eigenvalue weighted by Crippen LogP contribution is -2.50. The van der Waals surface area contributed by atoms with Crippen molar-refractivity contribution in [3.63, 3.8) is 0 Å². The molecule has 2 heterocycles. The van der Waals surface area contributed by atoms with Gasteiger partial charge in [-0.1, -0.05) is 0 Å². The highest BCUT2D eigenvalue weighted by Gasteiger charge is 2.24. The molecule has 2 aliphatic rings. The van der Waals surface area contributed by atoms with Crippen LogP contribution in [0.1, 0.15) is 19.8 Å². The molecular weight excluding hydrogens is 256 g/mol. The summed E-state index contributed by atoms with van der Waals surface area (Å²) in [6.45, 7) is 8.39. The standard InChI is InChI=1S/C14H26N4O2/c1-12(19)16-10-13-2-6-18(7-3-13)14(20)11-17-8-4-15-5-9-17/h13,15H,2-11H2,1H3,(H,16,19). The molecular formula is C14H26N4O2. The van der Waals surface area contributed by atoms with E-state index in [9.17, 15) is 9.59 Å². The third-order valence-corrected chi connectivity index (χ3v) is 4.18. The summed E-state index contributed by atoms with van der Waals surface area (Å²) in [4.78, 5) is 27.3. The van der Waals surface area contributed by atoms with Crippen molar-refractivity contribution < 1.29 is 9.59 Å². The van der Waals surface area contributed by atoms with Crippen LogP contribution in [-0.2, 0) is 9.59 Å². The van der Waals surface area contributed by atoms with Gasteiger partial charge >= 0.3 is 0 Å². The molecule has 0 aliphatic carbocycles. The van der Waals surface area contributed by atoms with Gasteiger partial charge in [0.2, 0.25) is 11.8 Å². The van der Waals surface area contributed by atoms with E-state index >= 15 is 0 Å². The molecule has 0 spiro atoms. The van der Waals surface area contributed by atoms with Crippen LogP contribution in [0.25, 0.3) is 0 Å². The number of carbonyl (C=O) groups excluding carboxylic acids is 2. The summed E-state index contributed by atoms with van der Waals surface area (Å²) < 4.78 is 0. The van der Waals surface area contributed by atoms with E-state index in [2.05, 4.69) is 15.5 Å². The SMILES string of the molecule is CC(=O)NCC1CCN(C(=O)CN2CCNCC2)CC1. The number of nitrogens with zero attached hydrogens (tertiary/aromatic N) is 2. The van der Waals surface area contributed by atoms with Crippen molar-refractivity contribution in [2.24, 2.45) is 5.92 Å². The van der Waals surface area contributed by atoms with Crippen molar-refractivity contribution >= 4 is 11.8 Å². The van der Waals surface area contributed by atoms with Gasteiger partial charge in [-0.2, -0.15) is 0 Å². The van der Waals surface area contributed by atoms with Crippen molar-refractivity contribution in [3.8, 4) is 0 Å². The number of hydrogen-bond acceptors (Lipinski definition) is 4. The van der Waals surface area contributed by atoms with Crippen LogP contribution in [-0.4, -0.2) is 74.0 Å². The van der Waals surface area contributed by atoms with Crippen LogP contribution in [0.15, 0.2) is 0 Å². The maximum atomic E-state index is 12.2. The first-order valence-corrected chi connectivity index (χ1v) is 7.60. The zero-order valence-electron chi connectivity index (χ0n) is 12.4. The Labute approximate surface area is 120 Å². The molecule has 2 fully saturated rings. The molecule has 0 saturated carbocycles. The molecule has 0 radical (unpaired) electrons. The molecule has 20 heavy (non-hydrogen) atoms. The molecule has 6 heteroatoms. The molecule has 0 aromatic carbocycles. The van der Waals surface area contributed by atoms with E-state index in [0.717, 1.165) is 58.7 Å². The van der Waals surface area contributed by atoms with Crippen LogP contribution >= 0.6 is 0 Å². The second-order valence-electron chi connectivity index (χ2n) is 5.79. The van der Waals surface area contributed by atoms with Crippen LogP contribution in [0, 0.1) is 5.92 Å². The highest BCUT2D eigenvalue weighted by Crippen LogP contribution is 2.16. The fraction of sp³-hybridized carbons (Fsp3) is 0.857. The van der Waals surface area contributed by atoms with Crippen molar-refractivity contribution in [1.29, 1.82) is 0 Å². The molecule has 2 N–H and O–H groups in total. The van der Waals surface area contributed by atoms with Gasteiger partial charge in [-0.25, -0.2) is 0 Å². The summed E-state index contributed by atoms with van der Waals surface area (Å²) in [7, 11) is 0. The van der Waals surface area contributed by atoms with Crippen molar-refractivity contribution in [3.05, 3.63) is 0 Å². The zero-order chi connectivity index (χ0) is 14.4. The Morgan fingerprint density at radius 2 is 1.80 bits per heavy atom. The van der Waals surface area contributed by atoms with E-state index in [-0.39, 0.29) is 11.8 Å². The van der Waals surface area contributed by atoms with Crippen LogP contribution < -0.4 is 10.6 Å². The van der Waals surface area contributed by atoms with Gasteiger partial charge in [0.25, 0.3) is 0 Å². The Balaban J connectivity index is 1.67. The molecule has 2 amide bonds. The number of piperidine rings is 1. The number of hydrogen-bond donors (Lipinski definition) is 2. The smallest absolute Gasteiger partial charge is 0.236 e. The first kappa shape index (κ1) is 15.3. The van der Waals surface area contributed by atoms with Crippen molar-refractivity contribution in [2.45, 2.75) is 19.8 Å². The molecule has 0 aromatic rings. The molecule has 2 aliphatic heterocycles. The third kappa shape index (κ3) is 4.76. The number of piperazine rings is 1. The van der Waals surface area contributed by atoms with Gasteiger partial charge in [0.1, 0.15) is 0 Å². The molecule has 0 bridgehead atoms. The zero-order valence-corrected chi connectivity index (χ0v) is 12.4. The fourth-order valence-electron chi connectivity index (χ4n) is 2.84. The average molecular weight is 282 g/mol. The number of rotatable bonds is 4. The normalized spacial score (nSPS) is 21.8. The van der Waals surface area contributed by atoms with E-state index in [1.54, 1.807) is 6.92 Å². The van der Waals surface area contributed by atoms with Gasteiger partial charge in [0, 0.05) is 52.7 Å². The minimum Gasteiger partial charge on any atom is -0.356 e. The van der Waals surface area contributed by atoms with Crippen LogP contribution in [0.3, 0.4) is 0 Å². The van der Waals surface area contributed by atoms with Gasteiger partial charge in [-0.3, -0.25) is 14.5 Å². The van der Waals surface area contributed by atoms with E-state index < -0.39 is 0 Å². The molecule has 6 nitrogen and oxygen atoms in total. The lowest BCUT2D eigenvalue weighted by molar-refractivity contribution is -0.134. The molecule has 114 valence electrons. The first-order chi connectivity index (χ1) is 9.65. The number of carbonyl (C=O) groups is 2. The summed E-state index contributed by atoms with van der Waals surface area (Å²) in [5, 5.41) is 6.16. The minimum absolute atomic E-state index is 0.0298. The Morgan fingerprint density at radius 3 is 2.40 bits per heavy atom.